The number of carbonyl (C=O) groups excluding carboxylic acids is 2. The molecular formula is C22H30ClN3O3S2. The number of thioether (sulfide) groups is 1. The van der Waals surface area contributed by atoms with Crippen molar-refractivity contribution in [2.45, 2.75) is 37.9 Å². The second-order valence-electron chi connectivity index (χ2n) is 7.39. The number of methoxy groups -OCH3 is 1. The molecule has 0 spiro atoms. The molecule has 0 radical (unpaired) electrons. The lowest BCUT2D eigenvalue weighted by molar-refractivity contribution is -0.147. The molecule has 0 aliphatic carbocycles. The minimum absolute atomic E-state index is 0. The smallest absolute Gasteiger partial charge is 0.328 e. The standard InChI is InChI=1S/C22H29N3O3S2.ClH/c1-28-22(27)20(10-13-29-2)25(21(26)17-6-4-3-5-7-17)19-8-11-24(12-9-19)14-18-15-30-16-23-18;/h3-7,15-16,19-20H,8-14H2,1-2H3;1H/t20-;/m0./s1. The highest BCUT2D eigenvalue weighted by Crippen LogP contribution is 2.25. The van der Waals surface area contributed by atoms with Crippen LogP contribution in [0.25, 0.3) is 0 Å². The summed E-state index contributed by atoms with van der Waals surface area (Å²) >= 11 is 3.28. The van der Waals surface area contributed by atoms with Crippen molar-refractivity contribution >= 4 is 47.4 Å². The van der Waals surface area contributed by atoms with Gasteiger partial charge in [0, 0.05) is 36.6 Å². The Labute approximate surface area is 198 Å². The van der Waals surface area contributed by atoms with Gasteiger partial charge in [-0.15, -0.1) is 23.7 Å². The van der Waals surface area contributed by atoms with Crippen LogP contribution in [0.3, 0.4) is 0 Å². The molecule has 0 N–H and O–H groups in total. The van der Waals surface area contributed by atoms with Crippen molar-refractivity contribution in [1.29, 1.82) is 0 Å². The number of benzene rings is 1. The van der Waals surface area contributed by atoms with E-state index in [0.29, 0.717) is 12.0 Å². The third-order valence-corrected chi connectivity index (χ3v) is 6.76. The topological polar surface area (TPSA) is 62.7 Å². The molecule has 2 heterocycles. The average Bonchev–Trinajstić information content (AvgIpc) is 3.30. The van der Waals surface area contributed by atoms with Gasteiger partial charge in [0.15, 0.2) is 0 Å². The normalized spacial score (nSPS) is 15.7. The summed E-state index contributed by atoms with van der Waals surface area (Å²) in [6, 6.07) is 8.68. The molecule has 6 nitrogen and oxygen atoms in total. The highest BCUT2D eigenvalue weighted by Gasteiger charge is 2.37. The van der Waals surface area contributed by atoms with Crippen LogP contribution in [-0.4, -0.2) is 71.0 Å². The van der Waals surface area contributed by atoms with Crippen LogP contribution in [-0.2, 0) is 16.1 Å². The Hall–Kier alpha value is -1.61. The molecule has 170 valence electrons. The zero-order valence-electron chi connectivity index (χ0n) is 17.9. The van der Waals surface area contributed by atoms with Crippen LogP contribution in [0.4, 0.5) is 0 Å². The fourth-order valence-electron chi connectivity index (χ4n) is 3.93. The summed E-state index contributed by atoms with van der Waals surface area (Å²) in [4.78, 5) is 34.7. The lowest BCUT2D eigenvalue weighted by atomic mass is 9.98. The number of hydrogen-bond acceptors (Lipinski definition) is 7. The van der Waals surface area contributed by atoms with E-state index in [0.717, 1.165) is 43.9 Å². The van der Waals surface area contributed by atoms with Crippen LogP contribution in [0.2, 0.25) is 0 Å². The Balaban J connectivity index is 0.00000341. The van der Waals surface area contributed by atoms with Gasteiger partial charge in [0.1, 0.15) is 6.04 Å². The van der Waals surface area contributed by atoms with E-state index in [2.05, 4.69) is 15.3 Å². The third kappa shape index (κ3) is 6.94. The summed E-state index contributed by atoms with van der Waals surface area (Å²) in [6.07, 6.45) is 4.26. The molecule has 1 atom stereocenters. The van der Waals surface area contributed by atoms with Crippen molar-refractivity contribution in [3.05, 3.63) is 52.5 Å². The summed E-state index contributed by atoms with van der Waals surface area (Å²) in [5, 5.41) is 2.08. The minimum Gasteiger partial charge on any atom is -0.467 e. The number of halogens is 1. The van der Waals surface area contributed by atoms with Crippen molar-refractivity contribution in [2.24, 2.45) is 0 Å². The van der Waals surface area contributed by atoms with Gasteiger partial charge < -0.3 is 9.64 Å². The van der Waals surface area contributed by atoms with E-state index < -0.39 is 6.04 Å². The summed E-state index contributed by atoms with van der Waals surface area (Å²) in [7, 11) is 1.40. The van der Waals surface area contributed by atoms with E-state index in [1.54, 1.807) is 28.0 Å². The van der Waals surface area contributed by atoms with Crippen molar-refractivity contribution in [3.8, 4) is 0 Å². The molecular weight excluding hydrogens is 454 g/mol. The van der Waals surface area contributed by atoms with Gasteiger partial charge >= 0.3 is 5.97 Å². The molecule has 0 unspecified atom stereocenters. The molecule has 3 rings (SSSR count). The average molecular weight is 484 g/mol. The number of ether oxygens (including phenoxy) is 1. The van der Waals surface area contributed by atoms with Gasteiger partial charge in [-0.1, -0.05) is 18.2 Å². The summed E-state index contributed by atoms with van der Waals surface area (Å²) in [5.41, 5.74) is 3.55. The number of aromatic nitrogens is 1. The van der Waals surface area contributed by atoms with Crippen molar-refractivity contribution in [2.75, 3.05) is 32.2 Å². The summed E-state index contributed by atoms with van der Waals surface area (Å²) in [6.45, 7) is 2.57. The highest BCUT2D eigenvalue weighted by molar-refractivity contribution is 7.98. The van der Waals surface area contributed by atoms with Crippen molar-refractivity contribution < 1.29 is 14.3 Å². The van der Waals surface area contributed by atoms with E-state index in [1.807, 2.05) is 42.1 Å². The second kappa shape index (κ2) is 13.1. The molecule has 31 heavy (non-hydrogen) atoms. The Kier molecular flexibility index (Phi) is 10.8. The predicted molar refractivity (Wildman–Crippen MR) is 129 cm³/mol. The minimum atomic E-state index is -0.565. The first-order valence-electron chi connectivity index (χ1n) is 10.2. The lowest BCUT2D eigenvalue weighted by Crippen LogP contribution is -2.54. The number of likely N-dealkylation sites (tertiary alicyclic amines) is 1. The molecule has 1 saturated heterocycles. The largest absolute Gasteiger partial charge is 0.467 e. The maximum Gasteiger partial charge on any atom is 0.328 e. The number of carbonyl (C=O) groups is 2. The Bertz CT molecular complexity index is 800. The van der Waals surface area contributed by atoms with Crippen LogP contribution < -0.4 is 0 Å². The van der Waals surface area contributed by atoms with E-state index >= 15 is 0 Å². The Morgan fingerprint density at radius 3 is 2.58 bits per heavy atom. The van der Waals surface area contributed by atoms with E-state index in [9.17, 15) is 9.59 Å². The zero-order valence-corrected chi connectivity index (χ0v) is 20.4. The number of amides is 1. The van der Waals surface area contributed by atoms with Crippen LogP contribution in [0.5, 0.6) is 0 Å². The molecule has 9 heteroatoms. The van der Waals surface area contributed by atoms with Crippen LogP contribution in [0.1, 0.15) is 35.3 Å². The zero-order chi connectivity index (χ0) is 21.3. The molecule has 2 aromatic rings. The van der Waals surface area contributed by atoms with Gasteiger partial charge in [0.2, 0.25) is 0 Å². The van der Waals surface area contributed by atoms with Gasteiger partial charge in [-0.3, -0.25) is 9.69 Å². The fourth-order valence-corrected chi connectivity index (χ4v) is 4.94. The maximum atomic E-state index is 13.5. The summed E-state index contributed by atoms with van der Waals surface area (Å²) < 4.78 is 5.10. The van der Waals surface area contributed by atoms with Crippen molar-refractivity contribution in [1.82, 2.24) is 14.8 Å². The number of nitrogens with zero attached hydrogens (tertiary/aromatic N) is 3. The van der Waals surface area contributed by atoms with E-state index in [-0.39, 0.29) is 30.3 Å². The number of esters is 1. The molecule has 1 aliphatic rings. The fraction of sp³-hybridized carbons (Fsp3) is 0.500. The van der Waals surface area contributed by atoms with Crippen molar-refractivity contribution in [3.63, 3.8) is 0 Å². The molecule has 1 amide bonds. The molecule has 0 bridgehead atoms. The van der Waals surface area contributed by atoms with Gasteiger partial charge in [-0.2, -0.15) is 11.8 Å². The van der Waals surface area contributed by atoms with Crippen LogP contribution in [0.15, 0.2) is 41.2 Å². The van der Waals surface area contributed by atoms with Crippen LogP contribution >= 0.6 is 35.5 Å². The predicted octanol–water partition coefficient (Wildman–Crippen LogP) is 3.97. The number of rotatable bonds is 9. The second-order valence-corrected chi connectivity index (χ2v) is 9.09. The third-order valence-electron chi connectivity index (χ3n) is 5.48. The molecule has 1 aromatic carbocycles. The Morgan fingerprint density at radius 1 is 1.29 bits per heavy atom. The lowest BCUT2D eigenvalue weighted by Gasteiger charge is -2.41. The van der Waals surface area contributed by atoms with E-state index in [1.165, 1.54) is 7.11 Å². The van der Waals surface area contributed by atoms with Gasteiger partial charge in [0.05, 0.1) is 18.3 Å². The summed E-state index contributed by atoms with van der Waals surface area (Å²) in [5.74, 6) is 0.365. The first-order valence-corrected chi connectivity index (χ1v) is 12.5. The number of piperidine rings is 1. The van der Waals surface area contributed by atoms with Crippen LogP contribution in [0, 0.1) is 0 Å². The molecule has 1 aliphatic heterocycles. The molecule has 1 aromatic heterocycles. The Morgan fingerprint density at radius 2 is 2.00 bits per heavy atom. The highest BCUT2D eigenvalue weighted by atomic mass is 35.5. The number of thiazole rings is 1. The monoisotopic (exact) mass is 483 g/mol. The SMILES string of the molecule is COC(=O)[C@H](CCSC)N(C(=O)c1ccccc1)C1CCN(Cc2cscn2)CC1.Cl. The first-order chi connectivity index (χ1) is 14.6. The quantitative estimate of drug-likeness (QED) is 0.503. The number of hydrogen-bond donors (Lipinski definition) is 0. The van der Waals surface area contributed by atoms with Gasteiger partial charge in [-0.25, -0.2) is 9.78 Å². The molecule has 0 saturated carbocycles. The van der Waals surface area contributed by atoms with Gasteiger partial charge in [0.25, 0.3) is 5.91 Å². The maximum absolute atomic E-state index is 13.5. The van der Waals surface area contributed by atoms with Gasteiger partial charge in [-0.05, 0) is 43.4 Å². The first kappa shape index (κ1) is 25.6. The molecule has 1 fully saturated rings. The van der Waals surface area contributed by atoms with E-state index in [4.69, 9.17) is 4.74 Å².